The number of carboxylic acids is 1. The molecule has 0 fully saturated rings. The minimum Gasteiger partial charge on any atom is -0.481 e. The molecule has 0 aromatic rings. The first-order valence-electron chi connectivity index (χ1n) is 3.56. The lowest BCUT2D eigenvalue weighted by atomic mass is 10.1. The first-order chi connectivity index (χ1) is 5.07. The minimum atomic E-state index is -0.808. The summed E-state index contributed by atoms with van der Waals surface area (Å²) in [5, 5.41) is 8.59. The fourth-order valence-electron chi connectivity index (χ4n) is 0.661. The average molecular weight is 154 g/mol. The van der Waals surface area contributed by atoms with E-state index in [1.165, 1.54) is 6.08 Å². The van der Waals surface area contributed by atoms with Crippen LogP contribution in [0.2, 0.25) is 0 Å². The zero-order valence-corrected chi connectivity index (χ0v) is 7.00. The summed E-state index contributed by atoms with van der Waals surface area (Å²) < 4.78 is 0. The lowest BCUT2D eigenvalue weighted by Crippen LogP contribution is -2.09. The van der Waals surface area contributed by atoms with Gasteiger partial charge in [-0.2, -0.15) is 0 Å². The predicted octanol–water partition coefficient (Wildman–Crippen LogP) is 2.23. The van der Waals surface area contributed by atoms with E-state index >= 15 is 0 Å². The summed E-state index contributed by atoms with van der Waals surface area (Å²) in [6, 6.07) is 0. The third-order valence-corrected chi connectivity index (χ3v) is 1.38. The van der Waals surface area contributed by atoms with Crippen LogP contribution in [0.15, 0.2) is 24.3 Å². The molecule has 0 heterocycles. The van der Waals surface area contributed by atoms with Crippen LogP contribution in [-0.4, -0.2) is 11.1 Å². The first-order valence-corrected chi connectivity index (χ1v) is 3.56. The SMILES string of the molecule is C=CC(CC=C(C)C)C(=O)O. The van der Waals surface area contributed by atoms with Gasteiger partial charge in [-0.05, 0) is 20.3 Å². The van der Waals surface area contributed by atoms with Gasteiger partial charge in [0.05, 0.1) is 5.92 Å². The van der Waals surface area contributed by atoms with E-state index in [0.717, 1.165) is 5.57 Å². The summed E-state index contributed by atoms with van der Waals surface area (Å²) in [7, 11) is 0. The molecule has 0 bridgehead atoms. The standard InChI is InChI=1S/C9H14O2/c1-4-8(9(10)11)6-5-7(2)3/h4-5,8H,1,6H2,2-3H3,(H,10,11). The normalized spacial score (nSPS) is 11.8. The molecule has 0 saturated heterocycles. The molecule has 0 aromatic heterocycles. The Hall–Kier alpha value is -1.05. The van der Waals surface area contributed by atoms with Gasteiger partial charge in [0.15, 0.2) is 0 Å². The Morgan fingerprint density at radius 1 is 1.64 bits per heavy atom. The van der Waals surface area contributed by atoms with Crippen molar-refractivity contribution < 1.29 is 9.90 Å². The predicted molar refractivity (Wildman–Crippen MR) is 45.4 cm³/mol. The van der Waals surface area contributed by atoms with E-state index in [1.54, 1.807) is 0 Å². The van der Waals surface area contributed by atoms with Crippen LogP contribution in [0, 0.1) is 5.92 Å². The van der Waals surface area contributed by atoms with Gasteiger partial charge in [0, 0.05) is 0 Å². The van der Waals surface area contributed by atoms with Gasteiger partial charge in [0.25, 0.3) is 0 Å². The molecule has 1 atom stereocenters. The maximum Gasteiger partial charge on any atom is 0.310 e. The van der Waals surface area contributed by atoms with Crippen LogP contribution in [0.1, 0.15) is 20.3 Å². The van der Waals surface area contributed by atoms with Crippen LogP contribution < -0.4 is 0 Å². The van der Waals surface area contributed by atoms with E-state index in [0.29, 0.717) is 6.42 Å². The molecule has 0 radical (unpaired) electrons. The van der Waals surface area contributed by atoms with Crippen molar-refractivity contribution in [1.29, 1.82) is 0 Å². The molecule has 0 aromatic carbocycles. The van der Waals surface area contributed by atoms with Crippen molar-refractivity contribution in [3.8, 4) is 0 Å². The quantitative estimate of drug-likeness (QED) is 0.630. The molecular formula is C9H14O2. The summed E-state index contributed by atoms with van der Waals surface area (Å²) in [5.41, 5.74) is 1.14. The molecule has 11 heavy (non-hydrogen) atoms. The van der Waals surface area contributed by atoms with E-state index in [1.807, 2.05) is 19.9 Å². The second-order valence-corrected chi connectivity index (χ2v) is 2.70. The van der Waals surface area contributed by atoms with Crippen molar-refractivity contribution in [2.45, 2.75) is 20.3 Å². The Morgan fingerprint density at radius 3 is 2.45 bits per heavy atom. The Bertz CT molecular complexity index is 176. The molecule has 0 aliphatic rings. The van der Waals surface area contributed by atoms with Crippen molar-refractivity contribution >= 4 is 5.97 Å². The average Bonchev–Trinajstić information content (AvgIpc) is 1.87. The second-order valence-electron chi connectivity index (χ2n) is 2.70. The third-order valence-electron chi connectivity index (χ3n) is 1.38. The fourth-order valence-corrected chi connectivity index (χ4v) is 0.661. The van der Waals surface area contributed by atoms with Crippen molar-refractivity contribution in [2.24, 2.45) is 5.92 Å². The molecule has 0 saturated carbocycles. The molecule has 0 spiro atoms. The Balaban J connectivity index is 3.99. The molecule has 62 valence electrons. The van der Waals surface area contributed by atoms with Gasteiger partial charge in [-0.3, -0.25) is 4.79 Å². The molecule has 2 nitrogen and oxygen atoms in total. The largest absolute Gasteiger partial charge is 0.481 e. The number of hydrogen-bond donors (Lipinski definition) is 1. The lowest BCUT2D eigenvalue weighted by molar-refractivity contribution is -0.139. The summed E-state index contributed by atoms with van der Waals surface area (Å²) in [5.74, 6) is -1.25. The van der Waals surface area contributed by atoms with Gasteiger partial charge >= 0.3 is 5.97 Å². The number of hydrogen-bond acceptors (Lipinski definition) is 1. The molecular weight excluding hydrogens is 140 g/mol. The summed E-state index contributed by atoms with van der Waals surface area (Å²) in [6.45, 7) is 7.34. The van der Waals surface area contributed by atoms with E-state index in [4.69, 9.17) is 5.11 Å². The van der Waals surface area contributed by atoms with Gasteiger partial charge in [0.1, 0.15) is 0 Å². The molecule has 1 N–H and O–H groups in total. The van der Waals surface area contributed by atoms with Gasteiger partial charge < -0.3 is 5.11 Å². The number of aliphatic carboxylic acids is 1. The maximum atomic E-state index is 10.4. The molecule has 0 aliphatic heterocycles. The second kappa shape index (κ2) is 4.72. The Kier molecular flexibility index (Phi) is 4.27. The maximum absolute atomic E-state index is 10.4. The third kappa shape index (κ3) is 4.37. The highest BCUT2D eigenvalue weighted by Gasteiger charge is 2.09. The molecule has 0 aliphatic carbocycles. The van der Waals surface area contributed by atoms with Gasteiger partial charge in [0.2, 0.25) is 0 Å². The van der Waals surface area contributed by atoms with E-state index in [-0.39, 0.29) is 0 Å². The van der Waals surface area contributed by atoms with E-state index < -0.39 is 11.9 Å². The molecule has 2 heteroatoms. The van der Waals surface area contributed by atoms with Crippen LogP contribution >= 0.6 is 0 Å². The summed E-state index contributed by atoms with van der Waals surface area (Å²) in [4.78, 5) is 10.4. The van der Waals surface area contributed by atoms with Crippen molar-refractivity contribution in [1.82, 2.24) is 0 Å². The van der Waals surface area contributed by atoms with E-state index in [9.17, 15) is 4.79 Å². The van der Waals surface area contributed by atoms with Crippen molar-refractivity contribution in [3.05, 3.63) is 24.3 Å². The molecule has 0 amide bonds. The minimum absolute atomic E-state index is 0.440. The number of rotatable bonds is 4. The van der Waals surface area contributed by atoms with Crippen LogP contribution in [0.25, 0.3) is 0 Å². The van der Waals surface area contributed by atoms with E-state index in [2.05, 4.69) is 6.58 Å². The monoisotopic (exact) mass is 154 g/mol. The summed E-state index contributed by atoms with van der Waals surface area (Å²) >= 11 is 0. The van der Waals surface area contributed by atoms with Crippen LogP contribution in [0.5, 0.6) is 0 Å². The lowest BCUT2D eigenvalue weighted by Gasteiger charge is -2.02. The highest BCUT2D eigenvalue weighted by Crippen LogP contribution is 2.07. The Morgan fingerprint density at radius 2 is 2.18 bits per heavy atom. The fraction of sp³-hybridized carbons (Fsp3) is 0.444. The topological polar surface area (TPSA) is 37.3 Å². The van der Waals surface area contributed by atoms with Crippen LogP contribution in [0.3, 0.4) is 0 Å². The smallest absolute Gasteiger partial charge is 0.310 e. The number of carbonyl (C=O) groups is 1. The Labute approximate surface area is 67.2 Å². The van der Waals surface area contributed by atoms with Gasteiger partial charge in [-0.25, -0.2) is 0 Å². The highest BCUT2D eigenvalue weighted by molar-refractivity contribution is 5.72. The number of allylic oxidation sites excluding steroid dienone is 2. The van der Waals surface area contributed by atoms with Gasteiger partial charge in [-0.1, -0.05) is 17.7 Å². The highest BCUT2D eigenvalue weighted by atomic mass is 16.4. The van der Waals surface area contributed by atoms with Crippen LogP contribution in [-0.2, 0) is 4.79 Å². The zero-order valence-electron chi connectivity index (χ0n) is 7.00. The first kappa shape index (κ1) is 9.95. The molecule has 1 unspecified atom stereocenters. The molecule has 0 rings (SSSR count). The van der Waals surface area contributed by atoms with Gasteiger partial charge in [-0.15, -0.1) is 6.58 Å². The zero-order chi connectivity index (χ0) is 8.85. The summed E-state index contributed by atoms with van der Waals surface area (Å²) in [6.07, 6.45) is 3.91. The van der Waals surface area contributed by atoms with Crippen molar-refractivity contribution in [3.63, 3.8) is 0 Å². The van der Waals surface area contributed by atoms with Crippen LogP contribution in [0.4, 0.5) is 0 Å². The number of carboxylic acid groups (broad SMARTS) is 1. The van der Waals surface area contributed by atoms with Crippen molar-refractivity contribution in [2.75, 3.05) is 0 Å².